The molecule has 5 heteroatoms. The maximum absolute atomic E-state index is 13.3. The fraction of sp³-hybridized carbons (Fsp3) is 0.185. The first-order valence-electron chi connectivity index (χ1n) is 10.7. The van der Waals surface area contributed by atoms with Crippen LogP contribution in [0.2, 0.25) is 0 Å². The number of nitrogens with zero attached hydrogens (tertiary/aromatic N) is 3. The van der Waals surface area contributed by atoms with Crippen molar-refractivity contribution in [1.82, 2.24) is 4.90 Å². The van der Waals surface area contributed by atoms with Crippen LogP contribution in [0.5, 0.6) is 0 Å². The van der Waals surface area contributed by atoms with Crippen molar-refractivity contribution in [3.8, 4) is 0 Å². The first-order chi connectivity index (χ1) is 15.5. The number of carbonyl (C=O) groups excluding carboxylic acids is 1. The summed E-state index contributed by atoms with van der Waals surface area (Å²) in [6.45, 7) is 2.65. The van der Waals surface area contributed by atoms with Crippen molar-refractivity contribution < 1.29 is 4.79 Å². The summed E-state index contributed by atoms with van der Waals surface area (Å²) in [6, 6.07) is 26.5. The van der Waals surface area contributed by atoms with E-state index < -0.39 is 0 Å². The van der Waals surface area contributed by atoms with Gasteiger partial charge in [0.05, 0.1) is 10.6 Å². The molecule has 0 saturated carbocycles. The monoisotopic (exact) mass is 441 g/mol. The minimum Gasteiger partial charge on any atom is -0.378 e. The Morgan fingerprint density at radius 3 is 2.28 bits per heavy atom. The molecule has 0 radical (unpaired) electrons. The third-order valence-corrected chi connectivity index (χ3v) is 6.33. The van der Waals surface area contributed by atoms with Crippen LogP contribution in [-0.4, -0.2) is 36.6 Å². The van der Waals surface area contributed by atoms with Crippen LogP contribution in [-0.2, 0) is 11.2 Å². The molecule has 0 aromatic heterocycles. The van der Waals surface area contributed by atoms with E-state index in [1.165, 1.54) is 22.9 Å². The quantitative estimate of drug-likeness (QED) is 0.446. The van der Waals surface area contributed by atoms with Gasteiger partial charge in [0.1, 0.15) is 0 Å². The molecule has 4 rings (SSSR count). The first kappa shape index (κ1) is 21.9. The SMILES string of the molecule is Cc1ccc(N=C2S/C(=C/c3ccc(N(C)C)cc3)C(=O)N2CCc2ccccc2)cc1. The normalized spacial score (nSPS) is 16.2. The van der Waals surface area contributed by atoms with E-state index in [-0.39, 0.29) is 5.91 Å². The second kappa shape index (κ2) is 9.88. The Labute approximate surface area is 194 Å². The predicted octanol–water partition coefficient (Wildman–Crippen LogP) is 5.91. The van der Waals surface area contributed by atoms with Crippen molar-refractivity contribution in [2.24, 2.45) is 4.99 Å². The van der Waals surface area contributed by atoms with E-state index in [1.54, 1.807) is 4.90 Å². The fourth-order valence-corrected chi connectivity index (χ4v) is 4.45. The zero-order chi connectivity index (χ0) is 22.5. The number of carbonyl (C=O) groups is 1. The summed E-state index contributed by atoms with van der Waals surface area (Å²) in [6.07, 6.45) is 2.74. The average Bonchev–Trinajstić information content (AvgIpc) is 3.09. The molecular formula is C27H27N3OS. The molecule has 32 heavy (non-hydrogen) atoms. The van der Waals surface area contributed by atoms with Gasteiger partial charge >= 0.3 is 0 Å². The van der Waals surface area contributed by atoms with E-state index in [0.717, 1.165) is 28.5 Å². The molecule has 1 aliphatic heterocycles. The molecule has 3 aromatic carbocycles. The Bertz CT molecular complexity index is 1130. The third kappa shape index (κ3) is 5.29. The first-order valence-corrected chi connectivity index (χ1v) is 11.5. The summed E-state index contributed by atoms with van der Waals surface area (Å²) in [5, 5.41) is 0.728. The van der Waals surface area contributed by atoms with Gasteiger partial charge in [0, 0.05) is 26.3 Å². The van der Waals surface area contributed by atoms with Gasteiger partial charge in [-0.2, -0.15) is 0 Å². The molecule has 0 atom stereocenters. The van der Waals surface area contributed by atoms with Gasteiger partial charge in [0.2, 0.25) is 0 Å². The highest BCUT2D eigenvalue weighted by Gasteiger charge is 2.33. The molecule has 162 valence electrons. The zero-order valence-corrected chi connectivity index (χ0v) is 19.5. The third-order valence-electron chi connectivity index (χ3n) is 5.32. The molecule has 0 spiro atoms. The predicted molar refractivity (Wildman–Crippen MR) is 136 cm³/mol. The standard InChI is InChI=1S/C27H27N3OS/c1-20-9-13-23(14-10-20)28-27-30(18-17-21-7-5-4-6-8-21)26(31)25(32-27)19-22-11-15-24(16-12-22)29(2)3/h4-16,19H,17-18H2,1-3H3/b25-19+,28-27?. The van der Waals surface area contributed by atoms with Crippen LogP contribution in [0.1, 0.15) is 16.7 Å². The van der Waals surface area contributed by atoms with E-state index in [0.29, 0.717) is 11.4 Å². The highest BCUT2D eigenvalue weighted by Crippen LogP contribution is 2.34. The second-order valence-corrected chi connectivity index (χ2v) is 9.03. The number of thioether (sulfide) groups is 1. The van der Waals surface area contributed by atoms with Crippen LogP contribution in [0.15, 0.2) is 88.8 Å². The Balaban J connectivity index is 1.61. The number of hydrogen-bond acceptors (Lipinski definition) is 4. The maximum atomic E-state index is 13.3. The molecular weight excluding hydrogens is 414 g/mol. The summed E-state index contributed by atoms with van der Waals surface area (Å²) in [4.78, 5) is 22.7. The van der Waals surface area contributed by atoms with Gasteiger partial charge in [0.15, 0.2) is 5.17 Å². The smallest absolute Gasteiger partial charge is 0.266 e. The molecule has 1 fully saturated rings. The Hall–Kier alpha value is -3.31. The van der Waals surface area contributed by atoms with Crippen molar-refractivity contribution in [3.63, 3.8) is 0 Å². The molecule has 1 aliphatic rings. The van der Waals surface area contributed by atoms with Gasteiger partial charge in [0.25, 0.3) is 5.91 Å². The summed E-state index contributed by atoms with van der Waals surface area (Å²) < 4.78 is 0. The number of benzene rings is 3. The molecule has 1 amide bonds. The number of rotatable bonds is 6. The van der Waals surface area contributed by atoms with Crippen LogP contribution in [0.25, 0.3) is 6.08 Å². The summed E-state index contributed by atoms with van der Waals surface area (Å²) >= 11 is 1.44. The number of hydrogen-bond donors (Lipinski definition) is 0. The van der Waals surface area contributed by atoms with Gasteiger partial charge < -0.3 is 4.90 Å². The van der Waals surface area contributed by atoms with Crippen molar-refractivity contribution in [2.75, 3.05) is 25.5 Å². The van der Waals surface area contributed by atoms with Crippen molar-refractivity contribution in [1.29, 1.82) is 0 Å². The number of aryl methyl sites for hydroxylation is 1. The van der Waals surface area contributed by atoms with Gasteiger partial charge in [-0.05, 0) is 66.6 Å². The largest absolute Gasteiger partial charge is 0.378 e. The Kier molecular flexibility index (Phi) is 6.76. The van der Waals surface area contributed by atoms with E-state index in [2.05, 4.69) is 36.1 Å². The topological polar surface area (TPSA) is 35.9 Å². The van der Waals surface area contributed by atoms with Gasteiger partial charge in [-0.25, -0.2) is 4.99 Å². The van der Waals surface area contributed by atoms with Crippen LogP contribution in [0.3, 0.4) is 0 Å². The molecule has 0 aliphatic carbocycles. The molecule has 0 unspecified atom stereocenters. The Morgan fingerprint density at radius 2 is 1.62 bits per heavy atom. The zero-order valence-electron chi connectivity index (χ0n) is 18.7. The van der Waals surface area contributed by atoms with Crippen molar-refractivity contribution in [2.45, 2.75) is 13.3 Å². The highest BCUT2D eigenvalue weighted by atomic mass is 32.2. The van der Waals surface area contributed by atoms with Crippen molar-refractivity contribution >= 4 is 40.3 Å². The maximum Gasteiger partial charge on any atom is 0.266 e. The minimum absolute atomic E-state index is 0.00785. The summed E-state index contributed by atoms with van der Waals surface area (Å²) in [5.41, 5.74) is 5.38. The van der Waals surface area contributed by atoms with Crippen LogP contribution in [0.4, 0.5) is 11.4 Å². The van der Waals surface area contributed by atoms with E-state index in [9.17, 15) is 4.79 Å². The van der Waals surface area contributed by atoms with Crippen LogP contribution < -0.4 is 4.90 Å². The summed E-state index contributed by atoms with van der Waals surface area (Å²) in [7, 11) is 4.03. The lowest BCUT2D eigenvalue weighted by molar-refractivity contribution is -0.122. The van der Waals surface area contributed by atoms with Crippen LogP contribution >= 0.6 is 11.8 Å². The lowest BCUT2D eigenvalue weighted by Gasteiger charge is -2.15. The van der Waals surface area contributed by atoms with E-state index in [1.807, 2.05) is 74.8 Å². The molecule has 1 saturated heterocycles. The van der Waals surface area contributed by atoms with Crippen molar-refractivity contribution in [3.05, 3.63) is 100 Å². The average molecular weight is 442 g/mol. The lowest BCUT2D eigenvalue weighted by Crippen LogP contribution is -2.31. The van der Waals surface area contributed by atoms with Gasteiger partial charge in [-0.3, -0.25) is 9.69 Å². The molecule has 4 nitrogen and oxygen atoms in total. The Morgan fingerprint density at radius 1 is 0.938 bits per heavy atom. The molecule has 1 heterocycles. The lowest BCUT2D eigenvalue weighted by atomic mass is 10.1. The van der Waals surface area contributed by atoms with E-state index >= 15 is 0 Å². The number of amidine groups is 1. The van der Waals surface area contributed by atoms with Gasteiger partial charge in [-0.1, -0.05) is 60.2 Å². The number of anilines is 1. The molecule has 0 N–H and O–H groups in total. The molecule has 3 aromatic rings. The number of aliphatic imine (C=N–C) groups is 1. The second-order valence-electron chi connectivity index (χ2n) is 8.02. The van der Waals surface area contributed by atoms with Gasteiger partial charge in [-0.15, -0.1) is 0 Å². The van der Waals surface area contributed by atoms with Crippen LogP contribution in [0, 0.1) is 6.92 Å². The van der Waals surface area contributed by atoms with E-state index in [4.69, 9.17) is 4.99 Å². The minimum atomic E-state index is 0.00785. The molecule has 0 bridgehead atoms. The number of amides is 1. The highest BCUT2D eigenvalue weighted by molar-refractivity contribution is 8.18. The fourth-order valence-electron chi connectivity index (χ4n) is 3.42. The summed E-state index contributed by atoms with van der Waals surface area (Å²) in [5.74, 6) is 0.00785.